The average molecular weight is 431 g/mol. The number of unbranched alkanes of at least 4 members (excludes halogenated alkanes) is 1. The maximum absolute atomic E-state index is 12.0. The van der Waals surface area contributed by atoms with E-state index < -0.39 is 6.09 Å². The molecule has 0 radical (unpaired) electrons. The second-order valence-corrected chi connectivity index (χ2v) is 7.00. The predicted molar refractivity (Wildman–Crippen MR) is 109 cm³/mol. The molecule has 1 aliphatic rings. The van der Waals surface area contributed by atoms with Gasteiger partial charge in [0.05, 0.1) is 5.33 Å². The summed E-state index contributed by atoms with van der Waals surface area (Å²) in [6.07, 6.45) is 1.19. The predicted octanol–water partition coefficient (Wildman–Crippen LogP) is 3.82. The number of fused-ring (bicyclic) bond motifs is 3. The van der Waals surface area contributed by atoms with Crippen LogP contribution < -0.4 is 10.6 Å². The first kappa shape index (κ1) is 19.4. The van der Waals surface area contributed by atoms with Crippen LogP contribution in [0.4, 0.5) is 4.79 Å². The Bertz CT molecular complexity index is 764. The van der Waals surface area contributed by atoms with E-state index in [0.717, 1.165) is 12.8 Å². The van der Waals surface area contributed by atoms with Gasteiger partial charge < -0.3 is 15.4 Å². The molecule has 142 valence electrons. The number of nitrogens with one attached hydrogen (secondary N) is 2. The third-order valence-electron chi connectivity index (χ3n) is 4.66. The molecule has 0 aromatic heterocycles. The van der Waals surface area contributed by atoms with Gasteiger partial charge in [-0.25, -0.2) is 4.79 Å². The van der Waals surface area contributed by atoms with Crippen molar-refractivity contribution in [2.75, 3.05) is 25.0 Å². The molecule has 1 aliphatic carbocycles. The van der Waals surface area contributed by atoms with E-state index >= 15 is 0 Å². The standard InChI is InChI=1S/C21H23BrN2O3/c22-13-20(25)23-11-5-6-12-24-21(26)27-14-19-17-9-3-1-7-15(17)16-8-2-4-10-18(16)19/h1-4,7-10,19H,5-6,11-14H2,(H,23,25)(H,24,26). The molecule has 2 N–H and O–H groups in total. The summed E-state index contributed by atoms with van der Waals surface area (Å²) in [6.45, 7) is 1.46. The summed E-state index contributed by atoms with van der Waals surface area (Å²) in [4.78, 5) is 23.1. The summed E-state index contributed by atoms with van der Waals surface area (Å²) in [6, 6.07) is 16.5. The van der Waals surface area contributed by atoms with Crippen molar-refractivity contribution in [3.8, 4) is 11.1 Å². The van der Waals surface area contributed by atoms with Crippen LogP contribution >= 0.6 is 15.9 Å². The van der Waals surface area contributed by atoms with Crippen molar-refractivity contribution in [3.63, 3.8) is 0 Å². The molecule has 0 saturated carbocycles. The normalized spacial score (nSPS) is 12.2. The smallest absolute Gasteiger partial charge is 0.407 e. The summed E-state index contributed by atoms with van der Waals surface area (Å²) in [7, 11) is 0. The summed E-state index contributed by atoms with van der Waals surface area (Å²) >= 11 is 3.10. The minimum absolute atomic E-state index is 0.0282. The number of alkyl carbamates (subject to hydrolysis) is 1. The summed E-state index contributed by atoms with van der Waals surface area (Å²) in [5, 5.41) is 5.86. The number of carbonyl (C=O) groups is 2. The van der Waals surface area contributed by atoms with Crippen molar-refractivity contribution < 1.29 is 14.3 Å². The first-order chi connectivity index (χ1) is 13.2. The zero-order valence-corrected chi connectivity index (χ0v) is 16.6. The van der Waals surface area contributed by atoms with Crippen molar-refractivity contribution in [3.05, 3.63) is 59.7 Å². The van der Waals surface area contributed by atoms with Crippen LogP contribution in [0.5, 0.6) is 0 Å². The largest absolute Gasteiger partial charge is 0.449 e. The summed E-state index contributed by atoms with van der Waals surface area (Å²) < 4.78 is 5.48. The van der Waals surface area contributed by atoms with Crippen LogP contribution in [0.1, 0.15) is 29.9 Å². The number of carbonyl (C=O) groups excluding carboxylic acids is 2. The van der Waals surface area contributed by atoms with Gasteiger partial charge in [-0.2, -0.15) is 0 Å². The maximum atomic E-state index is 12.0. The lowest BCUT2D eigenvalue weighted by Gasteiger charge is -2.14. The van der Waals surface area contributed by atoms with Crippen LogP contribution in [-0.4, -0.2) is 37.0 Å². The zero-order valence-electron chi connectivity index (χ0n) is 15.0. The first-order valence-electron chi connectivity index (χ1n) is 9.12. The number of halogens is 1. The van der Waals surface area contributed by atoms with E-state index in [4.69, 9.17) is 4.74 Å². The van der Waals surface area contributed by atoms with Crippen LogP contribution in [-0.2, 0) is 9.53 Å². The highest BCUT2D eigenvalue weighted by Gasteiger charge is 2.28. The molecule has 0 saturated heterocycles. The van der Waals surface area contributed by atoms with E-state index in [1.807, 2.05) is 24.3 Å². The third-order valence-corrected chi connectivity index (χ3v) is 5.17. The fraction of sp³-hybridized carbons (Fsp3) is 0.333. The Balaban J connectivity index is 1.45. The minimum atomic E-state index is -0.402. The van der Waals surface area contributed by atoms with Gasteiger partial charge in [-0.1, -0.05) is 64.5 Å². The molecule has 27 heavy (non-hydrogen) atoms. The number of amides is 2. The molecule has 0 heterocycles. The van der Waals surface area contributed by atoms with Crippen LogP contribution in [0.15, 0.2) is 48.5 Å². The lowest BCUT2D eigenvalue weighted by molar-refractivity contribution is -0.118. The van der Waals surface area contributed by atoms with Crippen molar-refractivity contribution in [1.82, 2.24) is 10.6 Å². The second-order valence-electron chi connectivity index (χ2n) is 6.44. The van der Waals surface area contributed by atoms with Crippen LogP contribution in [0.3, 0.4) is 0 Å². The van der Waals surface area contributed by atoms with Crippen LogP contribution in [0.2, 0.25) is 0 Å². The van der Waals surface area contributed by atoms with Gasteiger partial charge in [0.2, 0.25) is 5.91 Å². The van der Waals surface area contributed by atoms with E-state index in [9.17, 15) is 9.59 Å². The number of alkyl halides is 1. The van der Waals surface area contributed by atoms with Crippen molar-refractivity contribution in [1.29, 1.82) is 0 Å². The van der Waals surface area contributed by atoms with Gasteiger partial charge in [-0.3, -0.25) is 4.79 Å². The average Bonchev–Trinajstić information content (AvgIpc) is 3.02. The third kappa shape index (κ3) is 4.89. The van der Waals surface area contributed by atoms with Gasteiger partial charge in [0.15, 0.2) is 0 Å². The van der Waals surface area contributed by atoms with E-state index in [-0.39, 0.29) is 11.8 Å². The number of ether oxygens (including phenoxy) is 1. The molecule has 6 heteroatoms. The van der Waals surface area contributed by atoms with Crippen molar-refractivity contribution >= 4 is 27.9 Å². The number of benzene rings is 2. The van der Waals surface area contributed by atoms with Crippen LogP contribution in [0.25, 0.3) is 11.1 Å². The first-order valence-corrected chi connectivity index (χ1v) is 10.2. The topological polar surface area (TPSA) is 67.4 Å². The molecule has 3 rings (SSSR count). The Kier molecular flexibility index (Phi) is 6.87. The zero-order chi connectivity index (χ0) is 19.1. The Morgan fingerprint density at radius 3 is 2.04 bits per heavy atom. The van der Waals surface area contributed by atoms with Crippen molar-refractivity contribution in [2.24, 2.45) is 0 Å². The van der Waals surface area contributed by atoms with E-state index in [1.165, 1.54) is 22.3 Å². The lowest BCUT2D eigenvalue weighted by atomic mass is 9.98. The molecule has 2 aromatic rings. The molecule has 0 unspecified atom stereocenters. The highest BCUT2D eigenvalue weighted by molar-refractivity contribution is 9.09. The van der Waals surface area contributed by atoms with Gasteiger partial charge in [0.1, 0.15) is 6.61 Å². The molecule has 0 fully saturated rings. The van der Waals surface area contributed by atoms with Gasteiger partial charge in [0, 0.05) is 19.0 Å². The fourth-order valence-corrected chi connectivity index (χ4v) is 3.56. The molecule has 2 amide bonds. The SMILES string of the molecule is O=C(CBr)NCCCCNC(=O)OCC1c2ccccc2-c2ccccc21. The van der Waals surface area contributed by atoms with E-state index in [0.29, 0.717) is 25.0 Å². The second kappa shape index (κ2) is 9.55. The maximum Gasteiger partial charge on any atom is 0.407 e. The van der Waals surface area contributed by atoms with Gasteiger partial charge in [-0.05, 0) is 35.1 Å². The fourth-order valence-electron chi connectivity index (χ4n) is 3.36. The molecular formula is C21H23BrN2O3. The van der Waals surface area contributed by atoms with E-state index in [2.05, 4.69) is 50.8 Å². The van der Waals surface area contributed by atoms with E-state index in [1.54, 1.807) is 0 Å². The molecule has 0 atom stereocenters. The Morgan fingerprint density at radius 1 is 0.889 bits per heavy atom. The molecule has 5 nitrogen and oxygen atoms in total. The molecule has 0 bridgehead atoms. The Morgan fingerprint density at radius 2 is 1.44 bits per heavy atom. The minimum Gasteiger partial charge on any atom is -0.449 e. The monoisotopic (exact) mass is 430 g/mol. The lowest BCUT2D eigenvalue weighted by Crippen LogP contribution is -2.28. The molecule has 0 aliphatic heterocycles. The summed E-state index contributed by atoms with van der Waals surface area (Å²) in [5.74, 6) is 0.0436. The quantitative estimate of drug-likeness (QED) is 0.494. The number of rotatable bonds is 8. The molecule has 0 spiro atoms. The Hall–Kier alpha value is -2.34. The Labute approximate surface area is 167 Å². The number of hydrogen-bond acceptors (Lipinski definition) is 3. The van der Waals surface area contributed by atoms with Gasteiger partial charge in [-0.15, -0.1) is 0 Å². The highest BCUT2D eigenvalue weighted by atomic mass is 79.9. The van der Waals surface area contributed by atoms with Gasteiger partial charge in [0.25, 0.3) is 0 Å². The molecule has 2 aromatic carbocycles. The number of hydrogen-bond donors (Lipinski definition) is 2. The van der Waals surface area contributed by atoms with Crippen LogP contribution in [0, 0.1) is 0 Å². The highest BCUT2D eigenvalue weighted by Crippen LogP contribution is 2.44. The van der Waals surface area contributed by atoms with Crippen molar-refractivity contribution in [2.45, 2.75) is 18.8 Å². The summed E-state index contributed by atoms with van der Waals surface area (Å²) in [5.41, 5.74) is 4.84. The van der Waals surface area contributed by atoms with Gasteiger partial charge >= 0.3 is 6.09 Å². The molecular weight excluding hydrogens is 408 g/mol.